The zero-order valence-corrected chi connectivity index (χ0v) is 9.83. The highest BCUT2D eigenvalue weighted by Gasteiger charge is 2.07. The Kier molecular flexibility index (Phi) is 3.56. The van der Waals surface area contributed by atoms with Crippen molar-refractivity contribution in [3.8, 4) is 12.3 Å². The normalized spacial score (nSPS) is 12.2. The van der Waals surface area contributed by atoms with Crippen LogP contribution in [0.3, 0.4) is 0 Å². The SMILES string of the molecule is C#CC(O)c1cc(Br)ccc1I. The molecule has 1 rings (SSSR count). The molecule has 0 aliphatic carbocycles. The molecule has 1 aromatic carbocycles. The maximum atomic E-state index is 9.37. The summed E-state index contributed by atoms with van der Waals surface area (Å²) in [5.41, 5.74) is 0.771. The van der Waals surface area contributed by atoms with Gasteiger partial charge < -0.3 is 5.11 Å². The first-order valence-electron chi connectivity index (χ1n) is 3.24. The number of aliphatic hydroxyl groups excluding tert-OH is 1. The molecule has 0 fully saturated rings. The number of aliphatic hydroxyl groups is 1. The second-order valence-corrected chi connectivity index (χ2v) is 4.31. The summed E-state index contributed by atoms with van der Waals surface area (Å²) in [5.74, 6) is 2.28. The molecule has 62 valence electrons. The van der Waals surface area contributed by atoms with E-state index in [1.807, 2.05) is 18.2 Å². The van der Waals surface area contributed by atoms with Crippen molar-refractivity contribution in [2.75, 3.05) is 0 Å². The molecular weight excluding hydrogens is 331 g/mol. The van der Waals surface area contributed by atoms with Crippen LogP contribution in [0.25, 0.3) is 0 Å². The van der Waals surface area contributed by atoms with Gasteiger partial charge in [0.15, 0.2) is 0 Å². The van der Waals surface area contributed by atoms with Gasteiger partial charge in [0.05, 0.1) is 0 Å². The van der Waals surface area contributed by atoms with E-state index in [0.29, 0.717) is 0 Å². The van der Waals surface area contributed by atoms with Crippen molar-refractivity contribution in [3.63, 3.8) is 0 Å². The van der Waals surface area contributed by atoms with Crippen LogP contribution in [0.4, 0.5) is 0 Å². The van der Waals surface area contributed by atoms with Crippen LogP contribution in [0, 0.1) is 15.9 Å². The molecule has 1 atom stereocenters. The third-order valence-electron chi connectivity index (χ3n) is 1.41. The lowest BCUT2D eigenvalue weighted by Gasteiger charge is -2.06. The largest absolute Gasteiger partial charge is 0.376 e. The van der Waals surface area contributed by atoms with Gasteiger partial charge in [0, 0.05) is 13.6 Å². The number of hydrogen-bond acceptors (Lipinski definition) is 1. The summed E-state index contributed by atoms with van der Waals surface area (Å²) in [6.45, 7) is 0. The van der Waals surface area contributed by atoms with Crippen LogP contribution in [0.2, 0.25) is 0 Å². The quantitative estimate of drug-likeness (QED) is 0.617. The van der Waals surface area contributed by atoms with Crippen LogP contribution in [-0.2, 0) is 0 Å². The summed E-state index contributed by atoms with van der Waals surface area (Å²) in [4.78, 5) is 0. The van der Waals surface area contributed by atoms with Gasteiger partial charge in [0.2, 0.25) is 0 Å². The highest BCUT2D eigenvalue weighted by atomic mass is 127. The molecule has 1 aromatic rings. The summed E-state index contributed by atoms with van der Waals surface area (Å²) in [6, 6.07) is 5.64. The standard InChI is InChI=1S/C9H6BrIO/c1-2-9(12)7-5-6(10)3-4-8(7)11/h1,3-5,9,12H. The van der Waals surface area contributed by atoms with Gasteiger partial charge in [-0.2, -0.15) is 0 Å². The molecule has 0 aliphatic heterocycles. The first kappa shape index (κ1) is 10.0. The average molecular weight is 337 g/mol. The van der Waals surface area contributed by atoms with Crippen LogP contribution in [0.15, 0.2) is 22.7 Å². The molecule has 0 saturated carbocycles. The number of terminal acetylenes is 1. The minimum atomic E-state index is -0.811. The highest BCUT2D eigenvalue weighted by Crippen LogP contribution is 2.23. The van der Waals surface area contributed by atoms with Gasteiger partial charge in [-0.3, -0.25) is 0 Å². The van der Waals surface area contributed by atoms with Crippen LogP contribution < -0.4 is 0 Å². The number of rotatable bonds is 1. The molecule has 0 amide bonds. The molecule has 0 aliphatic rings. The van der Waals surface area contributed by atoms with E-state index < -0.39 is 6.10 Å². The van der Waals surface area contributed by atoms with Gasteiger partial charge in [-0.1, -0.05) is 21.9 Å². The maximum Gasteiger partial charge on any atom is 0.141 e. The van der Waals surface area contributed by atoms with E-state index in [4.69, 9.17) is 6.42 Å². The molecule has 0 aromatic heterocycles. The number of hydrogen-bond donors (Lipinski definition) is 1. The van der Waals surface area contributed by atoms with Crippen LogP contribution in [0.1, 0.15) is 11.7 Å². The molecular formula is C9H6BrIO. The average Bonchev–Trinajstić information content (AvgIpc) is 2.08. The highest BCUT2D eigenvalue weighted by molar-refractivity contribution is 14.1. The second kappa shape index (κ2) is 4.26. The van der Waals surface area contributed by atoms with E-state index in [9.17, 15) is 5.11 Å². The van der Waals surface area contributed by atoms with Crippen molar-refractivity contribution >= 4 is 38.5 Å². The van der Waals surface area contributed by atoms with Crippen LogP contribution in [0.5, 0.6) is 0 Å². The summed E-state index contributed by atoms with van der Waals surface area (Å²) >= 11 is 5.45. The van der Waals surface area contributed by atoms with Crippen LogP contribution in [-0.4, -0.2) is 5.11 Å². The molecule has 12 heavy (non-hydrogen) atoms. The van der Waals surface area contributed by atoms with E-state index in [0.717, 1.165) is 13.6 Å². The fourth-order valence-electron chi connectivity index (χ4n) is 0.814. The molecule has 0 radical (unpaired) electrons. The van der Waals surface area contributed by atoms with Gasteiger partial charge in [0.1, 0.15) is 6.10 Å². The minimum absolute atomic E-state index is 0.771. The minimum Gasteiger partial charge on any atom is -0.376 e. The third-order valence-corrected chi connectivity index (χ3v) is 2.89. The summed E-state index contributed by atoms with van der Waals surface area (Å²) in [5, 5.41) is 9.37. The Balaban J connectivity index is 3.15. The Morgan fingerprint density at radius 2 is 2.25 bits per heavy atom. The van der Waals surface area contributed by atoms with Crippen molar-refractivity contribution in [1.82, 2.24) is 0 Å². The summed E-state index contributed by atoms with van der Waals surface area (Å²) < 4.78 is 1.90. The van der Waals surface area contributed by atoms with Crippen molar-refractivity contribution in [3.05, 3.63) is 31.8 Å². The van der Waals surface area contributed by atoms with Gasteiger partial charge >= 0.3 is 0 Å². The lowest BCUT2D eigenvalue weighted by atomic mass is 10.1. The second-order valence-electron chi connectivity index (χ2n) is 2.24. The topological polar surface area (TPSA) is 20.2 Å². The molecule has 0 saturated heterocycles. The fourth-order valence-corrected chi connectivity index (χ4v) is 1.82. The molecule has 1 unspecified atom stereocenters. The Bertz CT molecular complexity index is 330. The smallest absolute Gasteiger partial charge is 0.141 e. The van der Waals surface area contributed by atoms with Crippen molar-refractivity contribution in [1.29, 1.82) is 0 Å². The van der Waals surface area contributed by atoms with E-state index in [1.165, 1.54) is 0 Å². The summed E-state index contributed by atoms with van der Waals surface area (Å²) in [7, 11) is 0. The van der Waals surface area contributed by atoms with E-state index in [2.05, 4.69) is 44.4 Å². The predicted octanol–water partition coefficient (Wildman–Crippen LogP) is 2.72. The van der Waals surface area contributed by atoms with Crippen molar-refractivity contribution in [2.45, 2.75) is 6.10 Å². The zero-order chi connectivity index (χ0) is 9.14. The molecule has 0 heterocycles. The third kappa shape index (κ3) is 2.22. The van der Waals surface area contributed by atoms with Gasteiger partial charge in [-0.05, 0) is 40.8 Å². The van der Waals surface area contributed by atoms with E-state index in [-0.39, 0.29) is 0 Å². The number of halogens is 2. The predicted molar refractivity (Wildman–Crippen MR) is 60.7 cm³/mol. The first-order valence-corrected chi connectivity index (χ1v) is 5.11. The Morgan fingerprint density at radius 3 is 2.83 bits per heavy atom. The van der Waals surface area contributed by atoms with E-state index in [1.54, 1.807) is 0 Å². The van der Waals surface area contributed by atoms with Crippen molar-refractivity contribution in [2.24, 2.45) is 0 Å². The molecule has 1 N–H and O–H groups in total. The maximum absolute atomic E-state index is 9.37. The lowest BCUT2D eigenvalue weighted by Crippen LogP contribution is -1.96. The number of benzene rings is 1. The Hall–Kier alpha value is -0.0500. The van der Waals surface area contributed by atoms with Gasteiger partial charge in [0.25, 0.3) is 0 Å². The Morgan fingerprint density at radius 1 is 1.58 bits per heavy atom. The molecule has 0 bridgehead atoms. The van der Waals surface area contributed by atoms with Crippen LogP contribution >= 0.6 is 38.5 Å². The lowest BCUT2D eigenvalue weighted by molar-refractivity contribution is 0.237. The first-order chi connectivity index (χ1) is 5.65. The molecule has 0 spiro atoms. The monoisotopic (exact) mass is 336 g/mol. The van der Waals surface area contributed by atoms with Gasteiger partial charge in [-0.15, -0.1) is 6.42 Å². The molecule has 3 heteroatoms. The van der Waals surface area contributed by atoms with Gasteiger partial charge in [-0.25, -0.2) is 0 Å². The zero-order valence-electron chi connectivity index (χ0n) is 6.09. The van der Waals surface area contributed by atoms with Crippen molar-refractivity contribution < 1.29 is 5.11 Å². The van der Waals surface area contributed by atoms with E-state index >= 15 is 0 Å². The Labute approximate surface area is 93.4 Å². The fraction of sp³-hybridized carbons (Fsp3) is 0.111. The summed E-state index contributed by atoms with van der Waals surface area (Å²) in [6.07, 6.45) is 4.29. The molecule has 1 nitrogen and oxygen atoms in total.